The van der Waals surface area contributed by atoms with Crippen LogP contribution in [0.1, 0.15) is 42.3 Å². The van der Waals surface area contributed by atoms with Gasteiger partial charge in [0.1, 0.15) is 12.0 Å². The van der Waals surface area contributed by atoms with E-state index in [1.54, 1.807) is 12.1 Å². The number of aliphatic hydroxyl groups is 1. The van der Waals surface area contributed by atoms with Crippen LogP contribution in [-0.2, 0) is 11.7 Å². The highest BCUT2D eigenvalue weighted by Crippen LogP contribution is 2.44. The number of nitrogens with one attached hydrogen (secondary N) is 1. The van der Waals surface area contributed by atoms with E-state index in [0.717, 1.165) is 18.2 Å². The van der Waals surface area contributed by atoms with E-state index in [1.165, 1.54) is 12.1 Å². The molecule has 1 fully saturated rings. The summed E-state index contributed by atoms with van der Waals surface area (Å²) in [6, 6.07) is 5.77. The molecule has 1 atom stereocenters. The van der Waals surface area contributed by atoms with Gasteiger partial charge >= 0.3 is 6.18 Å². The number of halogens is 4. The maximum absolute atomic E-state index is 13.2. The van der Waals surface area contributed by atoms with Crippen molar-refractivity contribution in [2.24, 2.45) is 5.73 Å². The fraction of sp³-hybridized carbons (Fsp3) is 0.375. The Kier molecular flexibility index (Phi) is 4.38. The Hall–Kier alpha value is -2.26. The predicted molar refractivity (Wildman–Crippen MR) is 81.7 cm³/mol. The van der Waals surface area contributed by atoms with Crippen LogP contribution in [0.25, 0.3) is 0 Å². The Labute approximate surface area is 140 Å². The average Bonchev–Trinajstić information content (AvgIpc) is 2.51. The van der Waals surface area contributed by atoms with Gasteiger partial charge < -0.3 is 16.2 Å². The Morgan fingerprint density at radius 2 is 1.84 bits per heavy atom. The third kappa shape index (κ3) is 3.42. The normalized spacial score (nSPS) is 17.7. The minimum atomic E-state index is -4.78. The third-order valence-electron chi connectivity index (χ3n) is 4.36. The molecular weight excluding hydrogens is 340 g/mol. The van der Waals surface area contributed by atoms with E-state index in [0.29, 0.717) is 12.8 Å². The summed E-state index contributed by atoms with van der Waals surface area (Å²) in [6.07, 6.45) is -3.57. The van der Waals surface area contributed by atoms with Crippen molar-refractivity contribution < 1.29 is 22.7 Å². The number of nitrogens with zero attached hydrogens (tertiary/aromatic N) is 2. The summed E-state index contributed by atoms with van der Waals surface area (Å²) in [4.78, 5) is 7.36. The molecule has 0 saturated heterocycles. The smallest absolute Gasteiger partial charge is 0.374 e. The van der Waals surface area contributed by atoms with Crippen LogP contribution in [0.5, 0.6) is 0 Å². The Morgan fingerprint density at radius 1 is 1.20 bits per heavy atom. The summed E-state index contributed by atoms with van der Waals surface area (Å²) in [6.45, 7) is 0. The Bertz CT molecular complexity index is 758. The monoisotopic (exact) mass is 356 g/mol. The lowest BCUT2D eigenvalue weighted by molar-refractivity contribution is -0.142. The third-order valence-corrected chi connectivity index (χ3v) is 4.36. The standard InChI is InChI=1S/C16H16F4N4O/c17-10-4-2-9(3-5-10)15(6-1-7-15)24-14-22-8-11(13(21)25)12(23-14)16(18,19)20/h2-5,8,13,25H,1,6-7,21H2,(H,22,23,24). The fourth-order valence-corrected chi connectivity index (χ4v) is 2.89. The maximum Gasteiger partial charge on any atom is 0.433 e. The lowest BCUT2D eigenvalue weighted by Crippen LogP contribution is -2.42. The first-order valence-corrected chi connectivity index (χ1v) is 7.63. The van der Waals surface area contributed by atoms with E-state index in [1.807, 2.05) is 0 Å². The number of aliphatic hydroxyl groups excluding tert-OH is 1. The van der Waals surface area contributed by atoms with E-state index in [9.17, 15) is 22.7 Å². The molecule has 4 N–H and O–H groups in total. The second-order valence-electron chi connectivity index (χ2n) is 6.01. The highest BCUT2D eigenvalue weighted by atomic mass is 19.4. The summed E-state index contributed by atoms with van der Waals surface area (Å²) >= 11 is 0. The Morgan fingerprint density at radius 3 is 2.32 bits per heavy atom. The van der Waals surface area contributed by atoms with Gasteiger partial charge in [-0.1, -0.05) is 12.1 Å². The van der Waals surface area contributed by atoms with Crippen molar-refractivity contribution in [1.82, 2.24) is 9.97 Å². The quantitative estimate of drug-likeness (QED) is 0.579. The lowest BCUT2D eigenvalue weighted by Gasteiger charge is -2.43. The molecule has 1 saturated carbocycles. The summed E-state index contributed by atoms with van der Waals surface area (Å²) in [7, 11) is 0. The molecule has 0 radical (unpaired) electrons. The molecule has 0 aliphatic heterocycles. The number of rotatable bonds is 4. The first kappa shape index (κ1) is 17.6. The second-order valence-corrected chi connectivity index (χ2v) is 6.01. The maximum atomic E-state index is 13.2. The minimum Gasteiger partial charge on any atom is -0.374 e. The Balaban J connectivity index is 1.95. The van der Waals surface area contributed by atoms with Gasteiger partial charge in [-0.3, -0.25) is 0 Å². The predicted octanol–water partition coefficient (Wildman–Crippen LogP) is 3.08. The molecule has 1 unspecified atom stereocenters. The molecule has 1 aliphatic carbocycles. The lowest BCUT2D eigenvalue weighted by atomic mass is 9.72. The summed E-state index contributed by atoms with van der Waals surface area (Å²) in [5.41, 5.74) is 3.38. The van der Waals surface area contributed by atoms with E-state index < -0.39 is 35.0 Å². The molecule has 9 heteroatoms. The molecule has 1 aromatic carbocycles. The van der Waals surface area contributed by atoms with Crippen molar-refractivity contribution >= 4 is 5.95 Å². The number of hydrogen-bond donors (Lipinski definition) is 3. The van der Waals surface area contributed by atoms with E-state index in [4.69, 9.17) is 5.73 Å². The van der Waals surface area contributed by atoms with Gasteiger partial charge in [0.2, 0.25) is 5.95 Å². The molecule has 0 amide bonds. The first-order chi connectivity index (χ1) is 11.7. The topological polar surface area (TPSA) is 84.1 Å². The largest absolute Gasteiger partial charge is 0.433 e. The van der Waals surface area contributed by atoms with Gasteiger partial charge in [-0.15, -0.1) is 0 Å². The van der Waals surface area contributed by atoms with Gasteiger partial charge in [0, 0.05) is 11.8 Å². The zero-order valence-electron chi connectivity index (χ0n) is 13.0. The number of aromatic nitrogens is 2. The summed E-state index contributed by atoms with van der Waals surface area (Å²) < 4.78 is 52.6. The first-order valence-electron chi connectivity index (χ1n) is 7.63. The molecule has 1 heterocycles. The molecule has 0 spiro atoms. The van der Waals surface area contributed by atoms with Crippen LogP contribution >= 0.6 is 0 Å². The zero-order chi connectivity index (χ0) is 18.2. The molecular formula is C16H16F4N4O. The average molecular weight is 356 g/mol. The van der Waals surface area contributed by atoms with Crippen LogP contribution < -0.4 is 11.1 Å². The van der Waals surface area contributed by atoms with Crippen LogP contribution in [0.3, 0.4) is 0 Å². The van der Waals surface area contributed by atoms with Gasteiger partial charge in [-0.05, 0) is 37.0 Å². The fourth-order valence-electron chi connectivity index (χ4n) is 2.89. The highest BCUT2D eigenvalue weighted by molar-refractivity contribution is 5.41. The molecule has 1 aliphatic rings. The number of alkyl halides is 3. The van der Waals surface area contributed by atoms with Crippen molar-refractivity contribution in [3.63, 3.8) is 0 Å². The van der Waals surface area contributed by atoms with Gasteiger partial charge in [0.05, 0.1) is 5.54 Å². The number of benzene rings is 1. The SMILES string of the molecule is NC(O)c1cnc(NC2(c3ccc(F)cc3)CCC2)nc1C(F)(F)F. The van der Waals surface area contributed by atoms with Gasteiger partial charge in [0.15, 0.2) is 5.69 Å². The summed E-state index contributed by atoms with van der Waals surface area (Å²) in [5.74, 6) is -0.615. The van der Waals surface area contributed by atoms with Crippen molar-refractivity contribution in [3.8, 4) is 0 Å². The van der Waals surface area contributed by atoms with Gasteiger partial charge in [-0.25, -0.2) is 14.4 Å². The molecule has 3 rings (SSSR count). The second kappa shape index (κ2) is 6.23. The molecule has 0 bridgehead atoms. The van der Waals surface area contributed by atoms with Crippen molar-refractivity contribution in [2.45, 2.75) is 37.2 Å². The van der Waals surface area contributed by atoms with Crippen molar-refractivity contribution in [3.05, 3.63) is 53.1 Å². The van der Waals surface area contributed by atoms with Gasteiger partial charge in [-0.2, -0.15) is 13.2 Å². The van der Waals surface area contributed by atoms with Crippen molar-refractivity contribution in [1.29, 1.82) is 0 Å². The van der Waals surface area contributed by atoms with Crippen LogP contribution in [0, 0.1) is 5.82 Å². The molecule has 1 aromatic heterocycles. The zero-order valence-corrected chi connectivity index (χ0v) is 13.0. The van der Waals surface area contributed by atoms with Crippen LogP contribution in [0.2, 0.25) is 0 Å². The van der Waals surface area contributed by atoms with Crippen molar-refractivity contribution in [2.75, 3.05) is 5.32 Å². The molecule has 25 heavy (non-hydrogen) atoms. The van der Waals surface area contributed by atoms with Crippen LogP contribution in [0.15, 0.2) is 30.5 Å². The number of hydrogen-bond acceptors (Lipinski definition) is 5. The van der Waals surface area contributed by atoms with Gasteiger partial charge in [0.25, 0.3) is 0 Å². The number of anilines is 1. The highest BCUT2D eigenvalue weighted by Gasteiger charge is 2.41. The minimum absolute atomic E-state index is 0.222. The van der Waals surface area contributed by atoms with Crippen LogP contribution in [0.4, 0.5) is 23.5 Å². The van der Waals surface area contributed by atoms with E-state index in [2.05, 4.69) is 15.3 Å². The molecule has 5 nitrogen and oxygen atoms in total. The van der Waals surface area contributed by atoms with Crippen LogP contribution in [-0.4, -0.2) is 15.1 Å². The molecule has 134 valence electrons. The summed E-state index contributed by atoms with van der Waals surface area (Å²) in [5, 5.41) is 12.2. The molecule has 2 aromatic rings. The van der Waals surface area contributed by atoms with E-state index >= 15 is 0 Å². The van der Waals surface area contributed by atoms with E-state index in [-0.39, 0.29) is 5.95 Å². The number of nitrogens with two attached hydrogens (primary N) is 1.